The number of carbonyl (C=O) groups is 2. The average molecular weight is 697 g/mol. The van der Waals surface area contributed by atoms with Crippen LogP contribution in [0.4, 0.5) is 0 Å². The van der Waals surface area contributed by atoms with E-state index in [1.54, 1.807) is 11.6 Å². The molecule has 48 heavy (non-hydrogen) atoms. The summed E-state index contributed by atoms with van der Waals surface area (Å²) in [5, 5.41) is 9.87. The molecule has 5 atom stereocenters. The summed E-state index contributed by atoms with van der Waals surface area (Å²) in [6.07, 6.45) is 16.9. The van der Waals surface area contributed by atoms with Gasteiger partial charge in [-0.1, -0.05) is 92.7 Å². The van der Waals surface area contributed by atoms with E-state index in [9.17, 15) is 14.7 Å². The summed E-state index contributed by atoms with van der Waals surface area (Å²) >= 11 is 0. The molecule has 4 fully saturated rings. The lowest BCUT2D eigenvalue weighted by Gasteiger charge is -2.47. The Morgan fingerprint density at radius 3 is 2.02 bits per heavy atom. The molecule has 0 spiro atoms. The highest BCUT2D eigenvalue weighted by Gasteiger charge is 2.57. The van der Waals surface area contributed by atoms with Gasteiger partial charge in [0.15, 0.2) is 22.4 Å². The first-order valence-corrected chi connectivity index (χ1v) is 24.5. The lowest BCUT2D eigenvalue weighted by molar-refractivity contribution is -0.146. The van der Waals surface area contributed by atoms with E-state index in [-0.39, 0.29) is 38.9 Å². The van der Waals surface area contributed by atoms with Gasteiger partial charge < -0.3 is 14.0 Å². The number of ketones is 1. The van der Waals surface area contributed by atoms with Crippen LogP contribution in [0, 0.1) is 28.1 Å². The zero-order valence-corrected chi connectivity index (χ0v) is 34.8. The third-order valence-corrected chi connectivity index (χ3v) is 22.9. The maximum Gasteiger partial charge on any atom is 0.317 e. The monoisotopic (exact) mass is 696 g/mol. The zero-order chi connectivity index (χ0) is 36.3. The van der Waals surface area contributed by atoms with Crippen molar-refractivity contribution in [3.63, 3.8) is 0 Å². The molecule has 0 aromatic heterocycles. The van der Waals surface area contributed by atoms with E-state index >= 15 is 0 Å². The molecule has 0 amide bonds. The van der Waals surface area contributed by atoms with Crippen LogP contribution in [0.3, 0.4) is 0 Å². The van der Waals surface area contributed by atoms with E-state index in [4.69, 9.17) is 8.85 Å². The van der Waals surface area contributed by atoms with Crippen molar-refractivity contribution in [1.29, 1.82) is 0 Å². The lowest BCUT2D eigenvalue weighted by atomic mass is 9.57. The quantitative estimate of drug-likeness (QED) is 0.140. The maximum absolute atomic E-state index is 12.9. The van der Waals surface area contributed by atoms with Gasteiger partial charge in [-0.25, -0.2) is 0 Å². The highest BCUT2D eigenvalue weighted by atomic mass is 28.4. The van der Waals surface area contributed by atoms with Crippen LogP contribution in [0.15, 0.2) is 47.6 Å². The number of fused-ring (bicyclic) bond motifs is 1. The van der Waals surface area contributed by atoms with Gasteiger partial charge in [0.1, 0.15) is 5.41 Å². The van der Waals surface area contributed by atoms with Gasteiger partial charge in [-0.05, 0) is 128 Å². The molecule has 4 rings (SSSR count). The van der Waals surface area contributed by atoms with Crippen molar-refractivity contribution in [3.05, 3.63) is 47.6 Å². The molecule has 4 saturated carbocycles. The first-order valence-electron chi connectivity index (χ1n) is 18.7. The third kappa shape index (κ3) is 7.69. The number of aliphatic carboxylic acids is 1. The summed E-state index contributed by atoms with van der Waals surface area (Å²) in [4.78, 5) is 24.6. The molecule has 0 aromatic carbocycles. The molecule has 7 heteroatoms. The Hall–Kier alpha value is -1.55. The van der Waals surface area contributed by atoms with Gasteiger partial charge in [0.25, 0.3) is 0 Å². The van der Waals surface area contributed by atoms with E-state index in [1.807, 2.05) is 6.08 Å². The second-order valence-corrected chi connectivity index (χ2v) is 29.2. The van der Waals surface area contributed by atoms with Crippen molar-refractivity contribution >= 4 is 28.4 Å². The summed E-state index contributed by atoms with van der Waals surface area (Å²) in [6.45, 7) is 34.9. The molecule has 0 saturated heterocycles. The smallest absolute Gasteiger partial charge is 0.317 e. The summed E-state index contributed by atoms with van der Waals surface area (Å²) in [6, 6.07) is 0. The fourth-order valence-corrected chi connectivity index (χ4v) is 11.2. The minimum Gasteiger partial charge on any atom is -0.480 e. The van der Waals surface area contributed by atoms with Crippen LogP contribution >= 0.6 is 0 Å². The molecule has 4 aliphatic rings. The molecule has 5 nitrogen and oxygen atoms in total. The zero-order valence-electron chi connectivity index (χ0n) is 32.8. The first-order chi connectivity index (χ1) is 21.8. The summed E-state index contributed by atoms with van der Waals surface area (Å²) in [5.74, 6) is -0.293. The van der Waals surface area contributed by atoms with Crippen molar-refractivity contribution in [3.8, 4) is 0 Å². The molecule has 4 aliphatic carbocycles. The largest absolute Gasteiger partial charge is 0.480 e. The van der Waals surface area contributed by atoms with E-state index < -0.39 is 28.0 Å². The Labute approximate surface area is 295 Å². The summed E-state index contributed by atoms with van der Waals surface area (Å²) in [5.41, 5.74) is 2.71. The number of hydrogen-bond acceptors (Lipinski definition) is 4. The van der Waals surface area contributed by atoms with E-state index in [1.165, 1.54) is 12.0 Å². The number of carboxylic acids is 1. The van der Waals surface area contributed by atoms with Gasteiger partial charge in [-0.3, -0.25) is 9.59 Å². The SMILES string of the molecule is C=C1/C(=C\C=C2/CCC[C@]3(C)[C@@H](C(C)(C)/C=C/C(=O)C4(C(=O)O)CC4)CC[C@@H]23)C[C@@H](O[Si](C)(C)C(C)(C)C)C[C@@H]1O[Si](C)(C)C(C)(C)C. The Morgan fingerprint density at radius 2 is 1.48 bits per heavy atom. The molecule has 0 unspecified atom stereocenters. The Bertz CT molecular complexity index is 1360. The van der Waals surface area contributed by atoms with Crippen LogP contribution in [-0.2, 0) is 18.4 Å². The molecule has 1 N–H and O–H groups in total. The van der Waals surface area contributed by atoms with Crippen LogP contribution in [0.5, 0.6) is 0 Å². The Kier molecular flexibility index (Phi) is 10.8. The highest BCUT2D eigenvalue weighted by Crippen LogP contribution is 2.62. The minimum absolute atomic E-state index is 0.0299. The predicted molar refractivity (Wildman–Crippen MR) is 204 cm³/mol. The standard InChI is InChI=1S/C41H68O5Si2/c1-28-30(26-31(45-47(11,12)37(2,3)4)27-33(28)46-48(13,14)38(5,6)7)18-17-29-16-15-22-40(10)32(29)19-20-34(40)39(8,9)23-21-35(42)41(24-25-41)36(43)44/h17-18,21,23,31-34H,1,15-16,19-20,22,24-27H2,2-14H3,(H,43,44)/b23-21+,29-17+,30-18-/t31-,32+,33+,34-,40+/m1/s1. The lowest BCUT2D eigenvalue weighted by Crippen LogP contribution is -2.49. The van der Waals surface area contributed by atoms with Crippen molar-refractivity contribution in [2.24, 2.45) is 28.1 Å². The third-order valence-electron chi connectivity index (χ3n) is 13.9. The number of rotatable bonds is 10. The second kappa shape index (κ2) is 13.2. The molecule has 270 valence electrons. The van der Waals surface area contributed by atoms with Crippen molar-refractivity contribution in [2.45, 2.75) is 169 Å². The van der Waals surface area contributed by atoms with Crippen molar-refractivity contribution in [1.82, 2.24) is 0 Å². The van der Waals surface area contributed by atoms with Crippen molar-refractivity contribution < 1.29 is 23.5 Å². The molecule has 0 bridgehead atoms. The van der Waals surface area contributed by atoms with Gasteiger partial charge in [0.2, 0.25) is 0 Å². The fourth-order valence-electron chi connectivity index (χ4n) is 8.48. The van der Waals surface area contributed by atoms with Crippen LogP contribution in [-0.4, -0.2) is 45.7 Å². The van der Waals surface area contributed by atoms with Crippen LogP contribution in [0.25, 0.3) is 0 Å². The average Bonchev–Trinajstić information content (AvgIpc) is 3.67. The molecule has 0 heterocycles. The van der Waals surface area contributed by atoms with Crippen LogP contribution < -0.4 is 0 Å². The van der Waals surface area contributed by atoms with Gasteiger partial charge in [0, 0.05) is 6.42 Å². The fraction of sp³-hybridized carbons (Fsp3) is 0.756. The normalized spacial score (nSPS) is 31.8. The molecule has 0 aliphatic heterocycles. The molecule has 0 aromatic rings. The summed E-state index contributed by atoms with van der Waals surface area (Å²) in [7, 11) is -4.00. The number of carboxylic acid groups (broad SMARTS) is 1. The number of carbonyl (C=O) groups excluding carboxylic acids is 1. The van der Waals surface area contributed by atoms with Crippen molar-refractivity contribution in [2.75, 3.05) is 0 Å². The number of allylic oxidation sites excluding steroid dienone is 5. The predicted octanol–water partition coefficient (Wildman–Crippen LogP) is 11.2. The van der Waals surface area contributed by atoms with Gasteiger partial charge in [-0.2, -0.15) is 0 Å². The van der Waals surface area contributed by atoms with Gasteiger partial charge in [-0.15, -0.1) is 0 Å². The first kappa shape index (κ1) is 39.2. The van der Waals surface area contributed by atoms with Gasteiger partial charge in [0.05, 0.1) is 12.2 Å². The van der Waals surface area contributed by atoms with Gasteiger partial charge >= 0.3 is 5.97 Å². The van der Waals surface area contributed by atoms with Crippen LogP contribution in [0.2, 0.25) is 36.3 Å². The minimum atomic E-state index is -2.03. The maximum atomic E-state index is 12.9. The topological polar surface area (TPSA) is 72.8 Å². The Morgan fingerprint density at radius 1 is 0.896 bits per heavy atom. The number of hydrogen-bond donors (Lipinski definition) is 1. The summed E-state index contributed by atoms with van der Waals surface area (Å²) < 4.78 is 14.1. The van der Waals surface area contributed by atoms with E-state index in [0.717, 1.165) is 44.1 Å². The van der Waals surface area contributed by atoms with E-state index in [2.05, 4.69) is 107 Å². The molecular weight excluding hydrogens is 629 g/mol. The Balaban J connectivity index is 1.60. The second-order valence-electron chi connectivity index (χ2n) is 19.7. The molecular formula is C41H68O5Si2. The molecule has 0 radical (unpaired) electrons. The van der Waals surface area contributed by atoms with E-state index in [0.29, 0.717) is 24.7 Å². The van der Waals surface area contributed by atoms with Crippen LogP contribution in [0.1, 0.15) is 120 Å². The highest BCUT2D eigenvalue weighted by molar-refractivity contribution is 6.74.